The van der Waals surface area contributed by atoms with Gasteiger partial charge in [0.1, 0.15) is 17.0 Å². The number of hydrogen-bond donors (Lipinski definition) is 2. The molecule has 24 heavy (non-hydrogen) atoms. The van der Waals surface area contributed by atoms with Gasteiger partial charge >= 0.3 is 0 Å². The van der Waals surface area contributed by atoms with Crippen LogP contribution in [0.3, 0.4) is 0 Å². The Labute approximate surface area is 137 Å². The normalized spacial score (nSPS) is 10.8. The molecule has 4 aromatic rings. The predicted octanol–water partition coefficient (Wildman–Crippen LogP) is 3.77. The summed E-state index contributed by atoms with van der Waals surface area (Å²) in [4.78, 5) is 13.2. The number of nitrogens with zero attached hydrogens (tertiary/aromatic N) is 3. The molecule has 0 fully saturated rings. The van der Waals surface area contributed by atoms with Crippen molar-refractivity contribution in [2.75, 3.05) is 0 Å². The number of pyridine rings is 1. The molecule has 0 aliphatic carbocycles. The molecule has 5 heteroatoms. The molecule has 0 atom stereocenters. The van der Waals surface area contributed by atoms with Gasteiger partial charge in [0, 0.05) is 17.3 Å². The van der Waals surface area contributed by atoms with Crippen molar-refractivity contribution in [2.45, 2.75) is 0 Å². The van der Waals surface area contributed by atoms with Crippen molar-refractivity contribution >= 4 is 11.0 Å². The number of phenols is 2. The van der Waals surface area contributed by atoms with Crippen molar-refractivity contribution in [3.63, 3.8) is 0 Å². The van der Waals surface area contributed by atoms with E-state index in [4.69, 9.17) is 0 Å². The highest BCUT2D eigenvalue weighted by molar-refractivity contribution is 5.81. The van der Waals surface area contributed by atoms with E-state index in [1.807, 2.05) is 18.2 Å². The molecule has 2 heterocycles. The Hall–Kier alpha value is -3.47. The van der Waals surface area contributed by atoms with Crippen molar-refractivity contribution in [1.29, 1.82) is 0 Å². The predicted molar refractivity (Wildman–Crippen MR) is 91.5 cm³/mol. The van der Waals surface area contributed by atoms with Gasteiger partial charge in [0.2, 0.25) is 0 Å². The van der Waals surface area contributed by atoms with E-state index >= 15 is 0 Å². The smallest absolute Gasteiger partial charge is 0.160 e. The Bertz CT molecular complexity index is 967. The first-order valence-electron chi connectivity index (χ1n) is 7.41. The van der Waals surface area contributed by atoms with E-state index in [1.165, 1.54) is 0 Å². The monoisotopic (exact) mass is 315 g/mol. The molecule has 0 aliphatic heterocycles. The van der Waals surface area contributed by atoms with Gasteiger partial charge in [0.25, 0.3) is 0 Å². The third kappa shape index (κ3) is 2.63. The lowest BCUT2D eigenvalue weighted by Crippen LogP contribution is -1.92. The minimum absolute atomic E-state index is 0.169. The van der Waals surface area contributed by atoms with Gasteiger partial charge in [0.15, 0.2) is 5.82 Å². The van der Waals surface area contributed by atoms with Gasteiger partial charge in [-0.1, -0.05) is 24.3 Å². The van der Waals surface area contributed by atoms with Gasteiger partial charge in [0.05, 0.1) is 11.7 Å². The lowest BCUT2D eigenvalue weighted by Gasteiger charge is -2.05. The average Bonchev–Trinajstić information content (AvgIpc) is 2.61. The highest BCUT2D eigenvalue weighted by Gasteiger charge is 2.07. The van der Waals surface area contributed by atoms with Gasteiger partial charge in [-0.05, 0) is 35.9 Å². The number of aromatic nitrogens is 3. The first-order chi connectivity index (χ1) is 11.7. The maximum absolute atomic E-state index is 9.64. The second-order valence-corrected chi connectivity index (χ2v) is 5.42. The summed E-state index contributed by atoms with van der Waals surface area (Å²) in [6, 6.07) is 15.7. The summed E-state index contributed by atoms with van der Waals surface area (Å²) in [6.45, 7) is 0. The molecule has 0 saturated heterocycles. The molecule has 0 aliphatic rings. The molecule has 0 amide bonds. The van der Waals surface area contributed by atoms with Crippen LogP contribution in [-0.4, -0.2) is 25.2 Å². The fourth-order valence-electron chi connectivity index (χ4n) is 2.55. The molecule has 116 valence electrons. The minimum atomic E-state index is 0.169. The number of hydrogen-bond acceptors (Lipinski definition) is 5. The van der Waals surface area contributed by atoms with E-state index in [-0.39, 0.29) is 11.5 Å². The van der Waals surface area contributed by atoms with E-state index in [2.05, 4.69) is 15.0 Å². The fourth-order valence-corrected chi connectivity index (χ4v) is 2.55. The average molecular weight is 315 g/mol. The van der Waals surface area contributed by atoms with Crippen LogP contribution in [-0.2, 0) is 0 Å². The Balaban J connectivity index is 1.83. The van der Waals surface area contributed by atoms with Gasteiger partial charge in [-0.2, -0.15) is 0 Å². The number of phenolic OH excluding ortho intramolecular Hbond substituents is 2. The standard InChI is InChI=1S/C19H13N3O2/c23-15-5-1-3-12(7-15)14-9-17-18(20-10-14)11-21-19(22-17)13-4-2-6-16(24)8-13/h1-11,23-24H. The van der Waals surface area contributed by atoms with Crippen LogP contribution in [0.2, 0.25) is 0 Å². The SMILES string of the molecule is Oc1cccc(-c2cnc3cnc(-c4cccc(O)c4)nc3c2)c1. The van der Waals surface area contributed by atoms with Crippen molar-refractivity contribution in [2.24, 2.45) is 0 Å². The quantitative estimate of drug-likeness (QED) is 0.588. The molecule has 2 N–H and O–H groups in total. The Kier molecular flexibility index (Phi) is 3.31. The van der Waals surface area contributed by atoms with Crippen LogP contribution in [0, 0.1) is 0 Å². The van der Waals surface area contributed by atoms with Crippen LogP contribution in [0.25, 0.3) is 33.5 Å². The first kappa shape index (κ1) is 14.1. The van der Waals surface area contributed by atoms with E-state index in [1.54, 1.807) is 48.8 Å². The van der Waals surface area contributed by atoms with Crippen LogP contribution < -0.4 is 0 Å². The van der Waals surface area contributed by atoms with Crippen LogP contribution in [0.4, 0.5) is 0 Å². The molecule has 0 unspecified atom stereocenters. The topological polar surface area (TPSA) is 79.1 Å². The Morgan fingerprint density at radius 2 is 1.33 bits per heavy atom. The lowest BCUT2D eigenvalue weighted by atomic mass is 10.1. The summed E-state index contributed by atoms with van der Waals surface area (Å²) in [5, 5.41) is 19.3. The fraction of sp³-hybridized carbons (Fsp3) is 0. The summed E-state index contributed by atoms with van der Waals surface area (Å²) in [6.07, 6.45) is 3.39. The number of fused-ring (bicyclic) bond motifs is 1. The maximum atomic E-state index is 9.64. The van der Waals surface area contributed by atoms with Gasteiger partial charge in [-0.3, -0.25) is 4.98 Å². The van der Waals surface area contributed by atoms with Crippen LogP contribution in [0.15, 0.2) is 67.0 Å². The van der Waals surface area contributed by atoms with Gasteiger partial charge in [-0.15, -0.1) is 0 Å². The molecule has 0 spiro atoms. The zero-order valence-electron chi connectivity index (χ0n) is 12.6. The van der Waals surface area contributed by atoms with Crippen LogP contribution >= 0.6 is 0 Å². The zero-order valence-corrected chi connectivity index (χ0v) is 12.6. The molecule has 2 aromatic carbocycles. The number of rotatable bonds is 2. The van der Waals surface area contributed by atoms with E-state index in [0.717, 1.165) is 16.7 Å². The first-order valence-corrected chi connectivity index (χ1v) is 7.41. The van der Waals surface area contributed by atoms with Crippen LogP contribution in [0.1, 0.15) is 0 Å². The summed E-state index contributed by atoms with van der Waals surface area (Å²) >= 11 is 0. The number of aromatic hydroxyl groups is 2. The highest BCUT2D eigenvalue weighted by Crippen LogP contribution is 2.26. The molecular formula is C19H13N3O2. The van der Waals surface area contributed by atoms with Gasteiger partial charge < -0.3 is 10.2 Å². The zero-order chi connectivity index (χ0) is 16.5. The van der Waals surface area contributed by atoms with Crippen molar-refractivity contribution in [3.8, 4) is 34.0 Å². The molecule has 2 aromatic heterocycles. The van der Waals surface area contributed by atoms with Crippen molar-refractivity contribution in [1.82, 2.24) is 15.0 Å². The van der Waals surface area contributed by atoms with E-state index in [0.29, 0.717) is 16.9 Å². The number of benzene rings is 2. The van der Waals surface area contributed by atoms with Crippen LogP contribution in [0.5, 0.6) is 11.5 Å². The second kappa shape index (κ2) is 5.62. The highest BCUT2D eigenvalue weighted by atomic mass is 16.3. The molecule has 5 nitrogen and oxygen atoms in total. The molecule has 0 saturated carbocycles. The van der Waals surface area contributed by atoms with Crippen molar-refractivity contribution in [3.05, 3.63) is 67.0 Å². The third-order valence-electron chi connectivity index (χ3n) is 3.72. The second-order valence-electron chi connectivity index (χ2n) is 5.42. The molecule has 4 rings (SSSR count). The van der Waals surface area contributed by atoms with E-state index < -0.39 is 0 Å². The molecule has 0 radical (unpaired) electrons. The summed E-state index contributed by atoms with van der Waals surface area (Å²) in [5.41, 5.74) is 3.84. The maximum Gasteiger partial charge on any atom is 0.160 e. The molecular weight excluding hydrogens is 302 g/mol. The largest absolute Gasteiger partial charge is 0.508 e. The Morgan fingerprint density at radius 1 is 0.625 bits per heavy atom. The lowest BCUT2D eigenvalue weighted by molar-refractivity contribution is 0.475. The minimum Gasteiger partial charge on any atom is -0.508 e. The summed E-state index contributed by atoms with van der Waals surface area (Å²) < 4.78 is 0. The van der Waals surface area contributed by atoms with Crippen molar-refractivity contribution < 1.29 is 10.2 Å². The summed E-state index contributed by atoms with van der Waals surface area (Å²) in [5.74, 6) is 0.895. The van der Waals surface area contributed by atoms with E-state index in [9.17, 15) is 10.2 Å². The molecule has 0 bridgehead atoms. The summed E-state index contributed by atoms with van der Waals surface area (Å²) in [7, 11) is 0. The van der Waals surface area contributed by atoms with Gasteiger partial charge in [-0.25, -0.2) is 9.97 Å². The third-order valence-corrected chi connectivity index (χ3v) is 3.72. The Morgan fingerprint density at radius 3 is 2.08 bits per heavy atom.